The third-order valence-electron chi connectivity index (χ3n) is 6.49. The zero-order valence-electron chi connectivity index (χ0n) is 21.1. The predicted octanol–water partition coefficient (Wildman–Crippen LogP) is 7.87. The lowest BCUT2D eigenvalue weighted by Crippen LogP contribution is -2.23. The molecule has 0 heterocycles. The Labute approximate surface area is 185 Å². The van der Waals surface area contributed by atoms with Crippen molar-refractivity contribution in [3.05, 3.63) is 69.9 Å². The Balaban J connectivity index is 3.41. The van der Waals surface area contributed by atoms with Crippen LogP contribution >= 0.6 is 0 Å². The number of rotatable bonds is 7. The lowest BCUT2D eigenvalue weighted by Gasteiger charge is -2.24. The van der Waals surface area contributed by atoms with Crippen molar-refractivity contribution < 1.29 is 0 Å². The summed E-state index contributed by atoms with van der Waals surface area (Å²) in [5, 5.41) is 0. The summed E-state index contributed by atoms with van der Waals surface area (Å²) in [5.74, 6) is 0.551. The zero-order valence-corrected chi connectivity index (χ0v) is 21.1. The Hall–Kier alpha value is -2.22. The summed E-state index contributed by atoms with van der Waals surface area (Å²) in [6.45, 7) is 20.0. The van der Waals surface area contributed by atoms with Gasteiger partial charge in [-0.05, 0) is 56.6 Å². The molecule has 0 N–H and O–H groups in total. The lowest BCUT2D eigenvalue weighted by molar-refractivity contribution is 0.429. The van der Waals surface area contributed by atoms with Crippen LogP contribution in [0.15, 0.2) is 79.9 Å². The van der Waals surface area contributed by atoms with Gasteiger partial charge in [0.2, 0.25) is 0 Å². The van der Waals surface area contributed by atoms with E-state index in [0.717, 1.165) is 29.0 Å². The fraction of sp³-hybridized carbons (Fsp3) is 0.500. The Morgan fingerprint density at radius 1 is 0.833 bits per heavy atom. The van der Waals surface area contributed by atoms with Gasteiger partial charge in [-0.15, -0.1) is 0 Å². The molecule has 0 aromatic heterocycles. The Morgan fingerprint density at radius 2 is 1.27 bits per heavy atom. The summed E-state index contributed by atoms with van der Waals surface area (Å²) in [6.07, 6.45) is 14.4. The highest BCUT2D eigenvalue weighted by atomic mass is 14.8. The molecular formula is C28H42N2. The first kappa shape index (κ1) is 25.8. The molecule has 1 rings (SSSR count). The van der Waals surface area contributed by atoms with Gasteiger partial charge in [-0.25, -0.2) is 0 Å². The van der Waals surface area contributed by atoms with Crippen LogP contribution in [-0.2, 0) is 0 Å². The van der Waals surface area contributed by atoms with Gasteiger partial charge in [-0.3, -0.25) is 9.98 Å². The van der Waals surface area contributed by atoms with Crippen LogP contribution in [-0.4, -0.2) is 25.5 Å². The highest BCUT2D eigenvalue weighted by Crippen LogP contribution is 2.30. The number of hydrogen-bond acceptors (Lipinski definition) is 2. The Morgan fingerprint density at radius 3 is 1.63 bits per heavy atom. The van der Waals surface area contributed by atoms with Crippen molar-refractivity contribution in [1.82, 2.24) is 0 Å². The van der Waals surface area contributed by atoms with E-state index >= 15 is 0 Å². The number of hydrogen-bond donors (Lipinski definition) is 0. The molecule has 0 saturated carbocycles. The number of aliphatic imine (C=N–C) groups is 2. The molecule has 0 saturated heterocycles. The number of allylic oxidation sites excluding steroid dienone is 12. The Bertz CT molecular complexity index is 876. The largest absolute Gasteiger partial charge is 0.286 e. The predicted molar refractivity (Wildman–Crippen MR) is 137 cm³/mol. The summed E-state index contributed by atoms with van der Waals surface area (Å²) >= 11 is 0. The van der Waals surface area contributed by atoms with Crippen molar-refractivity contribution in [2.24, 2.45) is 21.3 Å². The average Bonchev–Trinajstić information content (AvgIpc) is 2.73. The summed E-state index contributed by atoms with van der Waals surface area (Å²) in [6, 6.07) is 0. The van der Waals surface area contributed by atoms with Gasteiger partial charge < -0.3 is 0 Å². The third kappa shape index (κ3) is 6.39. The van der Waals surface area contributed by atoms with E-state index in [1.807, 2.05) is 14.1 Å². The molecule has 0 unspecified atom stereocenters. The lowest BCUT2D eigenvalue weighted by atomic mass is 9.82. The summed E-state index contributed by atoms with van der Waals surface area (Å²) in [7, 11) is 3.71. The van der Waals surface area contributed by atoms with E-state index in [1.165, 1.54) is 22.3 Å². The van der Waals surface area contributed by atoms with Crippen molar-refractivity contribution in [3.63, 3.8) is 0 Å². The van der Waals surface area contributed by atoms with Gasteiger partial charge in [0, 0.05) is 25.2 Å². The molecule has 0 radical (unpaired) electrons. The van der Waals surface area contributed by atoms with Crippen LogP contribution in [0.4, 0.5) is 0 Å². The minimum Gasteiger partial charge on any atom is -0.286 e. The molecule has 1 aliphatic rings. The highest BCUT2D eigenvalue weighted by molar-refractivity contribution is 6.56. The first-order chi connectivity index (χ1) is 14.0. The summed E-state index contributed by atoms with van der Waals surface area (Å²) in [4.78, 5) is 9.24. The maximum Gasteiger partial charge on any atom is 0.0903 e. The molecule has 0 aromatic rings. The van der Waals surface area contributed by atoms with Crippen LogP contribution < -0.4 is 0 Å². The van der Waals surface area contributed by atoms with E-state index in [0.29, 0.717) is 5.92 Å². The van der Waals surface area contributed by atoms with Crippen molar-refractivity contribution in [2.45, 2.75) is 68.7 Å². The second kappa shape index (κ2) is 11.2. The molecule has 0 aliphatic heterocycles. The molecule has 2 nitrogen and oxygen atoms in total. The monoisotopic (exact) mass is 406 g/mol. The van der Waals surface area contributed by atoms with Gasteiger partial charge >= 0.3 is 0 Å². The molecule has 1 aliphatic carbocycles. The summed E-state index contributed by atoms with van der Waals surface area (Å²) in [5.41, 5.74) is 9.59. The van der Waals surface area contributed by atoms with E-state index in [4.69, 9.17) is 0 Å². The zero-order chi connectivity index (χ0) is 23.1. The van der Waals surface area contributed by atoms with Crippen LogP contribution in [0.25, 0.3) is 0 Å². The van der Waals surface area contributed by atoms with E-state index < -0.39 is 0 Å². The average molecular weight is 407 g/mol. The molecular weight excluding hydrogens is 364 g/mol. The molecule has 0 spiro atoms. The first-order valence-electron chi connectivity index (χ1n) is 11.1. The van der Waals surface area contributed by atoms with Crippen molar-refractivity contribution >= 4 is 11.4 Å². The molecule has 2 heteroatoms. The van der Waals surface area contributed by atoms with Crippen LogP contribution in [0.3, 0.4) is 0 Å². The maximum absolute atomic E-state index is 4.62. The second-order valence-corrected chi connectivity index (χ2v) is 9.16. The molecule has 0 bridgehead atoms. The minimum atomic E-state index is 0.214. The topological polar surface area (TPSA) is 24.7 Å². The standard InChI is InChI=1S/C28H42N2/c1-12-28(8,9)23(7)16-15-22(6)25-18-17-24(26(29-10)27(25)30-11)21(5)14-13-20(4)19(2)3/h13-19H,12H2,1-11H3/b20-13+,21-14+,22-15+,23-16+,29-26?,30-27?. The summed E-state index contributed by atoms with van der Waals surface area (Å²) < 4.78 is 0. The van der Waals surface area contributed by atoms with E-state index in [2.05, 4.69) is 109 Å². The van der Waals surface area contributed by atoms with Gasteiger partial charge in [-0.1, -0.05) is 82.2 Å². The molecule has 30 heavy (non-hydrogen) atoms. The SMILES string of the molecule is CCC(C)(C)/C(C)=C/C=C(\C)C1=CC=C(/C(C)=C/C=C(\C)C(C)C)C(=NC)C1=NC. The van der Waals surface area contributed by atoms with Crippen molar-refractivity contribution in [2.75, 3.05) is 14.1 Å². The molecule has 0 aromatic carbocycles. The van der Waals surface area contributed by atoms with Crippen molar-refractivity contribution in [3.8, 4) is 0 Å². The molecule has 0 atom stereocenters. The van der Waals surface area contributed by atoms with Crippen LogP contribution in [0.1, 0.15) is 68.7 Å². The molecule has 0 amide bonds. The number of nitrogens with zero attached hydrogens (tertiary/aromatic N) is 2. The van der Waals surface area contributed by atoms with Crippen LogP contribution in [0.5, 0.6) is 0 Å². The third-order valence-corrected chi connectivity index (χ3v) is 6.49. The van der Waals surface area contributed by atoms with E-state index in [-0.39, 0.29) is 5.41 Å². The molecule has 164 valence electrons. The van der Waals surface area contributed by atoms with Gasteiger partial charge in [0.05, 0.1) is 11.4 Å². The fourth-order valence-corrected chi connectivity index (χ4v) is 3.05. The van der Waals surface area contributed by atoms with Crippen LogP contribution in [0.2, 0.25) is 0 Å². The maximum atomic E-state index is 4.62. The van der Waals surface area contributed by atoms with Crippen LogP contribution in [0, 0.1) is 11.3 Å². The minimum absolute atomic E-state index is 0.214. The normalized spacial score (nSPS) is 20.3. The second-order valence-electron chi connectivity index (χ2n) is 9.16. The highest BCUT2D eigenvalue weighted by Gasteiger charge is 2.22. The van der Waals surface area contributed by atoms with Gasteiger partial charge in [0.25, 0.3) is 0 Å². The van der Waals surface area contributed by atoms with E-state index in [9.17, 15) is 0 Å². The Kier molecular flexibility index (Phi) is 9.68. The smallest absolute Gasteiger partial charge is 0.0903 e. The van der Waals surface area contributed by atoms with Gasteiger partial charge in [0.1, 0.15) is 0 Å². The van der Waals surface area contributed by atoms with Gasteiger partial charge in [-0.2, -0.15) is 0 Å². The first-order valence-corrected chi connectivity index (χ1v) is 11.1. The van der Waals surface area contributed by atoms with E-state index in [1.54, 1.807) is 0 Å². The molecule has 0 fully saturated rings. The quantitative estimate of drug-likeness (QED) is 0.303. The fourth-order valence-electron chi connectivity index (χ4n) is 3.05. The van der Waals surface area contributed by atoms with Gasteiger partial charge in [0.15, 0.2) is 0 Å². The van der Waals surface area contributed by atoms with Crippen molar-refractivity contribution in [1.29, 1.82) is 0 Å².